The zero-order valence-corrected chi connectivity index (χ0v) is 21.7. The maximum Gasteiger partial charge on any atom is 0.159 e. The van der Waals surface area contributed by atoms with E-state index >= 15 is 0 Å². The predicted molar refractivity (Wildman–Crippen MR) is 149 cm³/mol. The van der Waals surface area contributed by atoms with Gasteiger partial charge in [0.05, 0.1) is 23.3 Å². The lowest BCUT2D eigenvalue weighted by Gasteiger charge is -2.33. The first-order valence-corrected chi connectivity index (χ1v) is 13.6. The zero-order valence-electron chi connectivity index (χ0n) is 21.7. The van der Waals surface area contributed by atoms with E-state index in [0.29, 0.717) is 6.10 Å². The number of nitrogens with one attached hydrogen (secondary N) is 2. The van der Waals surface area contributed by atoms with Crippen molar-refractivity contribution in [3.63, 3.8) is 0 Å². The van der Waals surface area contributed by atoms with Gasteiger partial charge in [0.2, 0.25) is 0 Å². The molecule has 5 aromatic rings. The lowest BCUT2D eigenvalue weighted by molar-refractivity contribution is 0.154. The normalized spacial score (nSPS) is 17.4. The van der Waals surface area contributed by atoms with Gasteiger partial charge in [-0.3, -0.25) is 10.1 Å². The number of H-pyrrole nitrogens is 2. The minimum absolute atomic E-state index is 0.294. The van der Waals surface area contributed by atoms with Crippen LogP contribution in [0.15, 0.2) is 48.9 Å². The van der Waals surface area contributed by atoms with Gasteiger partial charge in [0.25, 0.3) is 0 Å². The molecule has 2 N–H and O–H groups in total. The molecule has 38 heavy (non-hydrogen) atoms. The molecule has 1 saturated heterocycles. The Morgan fingerprint density at radius 1 is 0.921 bits per heavy atom. The summed E-state index contributed by atoms with van der Waals surface area (Å²) in [6, 6.07) is 10.4. The van der Waals surface area contributed by atoms with E-state index in [9.17, 15) is 0 Å². The molecule has 9 nitrogen and oxygen atoms in total. The van der Waals surface area contributed by atoms with Crippen LogP contribution in [-0.4, -0.2) is 74.4 Å². The van der Waals surface area contributed by atoms with Gasteiger partial charge in [0.15, 0.2) is 11.6 Å². The van der Waals surface area contributed by atoms with Crippen LogP contribution in [0.1, 0.15) is 32.1 Å². The molecular weight excluding hydrogens is 476 g/mol. The summed E-state index contributed by atoms with van der Waals surface area (Å²) in [5.41, 5.74) is 5.70. The molecular formula is C29H32N8O. The minimum Gasteiger partial charge on any atom is -0.489 e. The highest BCUT2D eigenvalue weighted by atomic mass is 16.5. The molecule has 0 spiro atoms. The second-order valence-electron chi connectivity index (χ2n) is 10.5. The van der Waals surface area contributed by atoms with Crippen molar-refractivity contribution in [2.75, 3.05) is 38.1 Å². The predicted octanol–water partition coefficient (Wildman–Crippen LogP) is 5.03. The summed E-state index contributed by atoms with van der Waals surface area (Å²) in [5, 5.41) is 8.83. The molecule has 9 heteroatoms. The van der Waals surface area contributed by atoms with Crippen LogP contribution in [0.2, 0.25) is 0 Å². The number of benzene rings is 1. The van der Waals surface area contributed by atoms with Gasteiger partial charge in [-0.1, -0.05) is 12.5 Å². The van der Waals surface area contributed by atoms with E-state index in [2.05, 4.69) is 61.3 Å². The van der Waals surface area contributed by atoms with Gasteiger partial charge >= 0.3 is 0 Å². The molecule has 0 atom stereocenters. The summed E-state index contributed by atoms with van der Waals surface area (Å²) in [4.78, 5) is 22.3. The largest absolute Gasteiger partial charge is 0.489 e. The number of piperazine rings is 1. The highest BCUT2D eigenvalue weighted by Gasteiger charge is 2.21. The number of aromatic amines is 2. The first-order valence-electron chi connectivity index (χ1n) is 13.6. The zero-order chi connectivity index (χ0) is 25.5. The van der Waals surface area contributed by atoms with E-state index in [-0.39, 0.29) is 0 Å². The van der Waals surface area contributed by atoms with Crippen LogP contribution in [0.25, 0.3) is 44.6 Å². The summed E-state index contributed by atoms with van der Waals surface area (Å²) < 4.78 is 6.28. The number of hydrogen-bond donors (Lipinski definition) is 2. The Bertz CT molecular complexity index is 1580. The van der Waals surface area contributed by atoms with Crippen molar-refractivity contribution in [1.29, 1.82) is 0 Å². The average Bonchev–Trinajstić information content (AvgIpc) is 3.58. The van der Waals surface area contributed by atoms with Gasteiger partial charge in [-0.15, -0.1) is 0 Å². The van der Waals surface area contributed by atoms with Crippen LogP contribution < -0.4 is 9.64 Å². The van der Waals surface area contributed by atoms with Crippen LogP contribution in [0.4, 0.5) is 5.82 Å². The topological polar surface area (TPSA) is 98.8 Å². The van der Waals surface area contributed by atoms with Crippen LogP contribution >= 0.6 is 0 Å². The highest BCUT2D eigenvalue weighted by molar-refractivity contribution is 5.97. The van der Waals surface area contributed by atoms with Gasteiger partial charge in [0.1, 0.15) is 17.0 Å². The molecule has 194 valence electrons. The van der Waals surface area contributed by atoms with Gasteiger partial charge in [-0.2, -0.15) is 5.10 Å². The first kappa shape index (κ1) is 23.2. The number of fused-ring (bicyclic) bond motifs is 2. The fourth-order valence-corrected chi connectivity index (χ4v) is 5.67. The molecule has 7 rings (SSSR count). The number of anilines is 1. The van der Waals surface area contributed by atoms with Crippen LogP contribution in [0.5, 0.6) is 5.75 Å². The minimum atomic E-state index is 0.294. The second-order valence-corrected chi connectivity index (χ2v) is 10.5. The van der Waals surface area contributed by atoms with Crippen molar-refractivity contribution >= 4 is 27.8 Å². The average molecular weight is 509 g/mol. The fraction of sp³-hybridized carbons (Fsp3) is 0.379. The van der Waals surface area contributed by atoms with E-state index in [1.807, 2.05) is 24.7 Å². The standard InChI is InChI=1S/C29H32N8O/c1-36-11-13-37(14-12-36)29-27-25(9-10-31-29)32-28(33-27)26-23-16-19(7-8-24(23)34-35-26)20-15-22(18-30-17-20)38-21-5-3-2-4-6-21/h7-10,15-18,21H,2-6,11-14H2,1H3,(H,32,33)(H,34,35). The Balaban J connectivity index is 1.22. The third-order valence-electron chi connectivity index (χ3n) is 7.87. The van der Waals surface area contributed by atoms with E-state index in [1.165, 1.54) is 19.3 Å². The third kappa shape index (κ3) is 4.36. The van der Waals surface area contributed by atoms with Gasteiger partial charge < -0.3 is 19.5 Å². The maximum atomic E-state index is 6.28. The Morgan fingerprint density at radius 2 is 1.79 bits per heavy atom. The molecule has 5 heterocycles. The molecule has 2 fully saturated rings. The van der Waals surface area contributed by atoms with Crippen molar-refractivity contribution in [1.82, 2.24) is 35.0 Å². The van der Waals surface area contributed by atoms with Crippen LogP contribution in [0.3, 0.4) is 0 Å². The lowest BCUT2D eigenvalue weighted by atomic mass is 9.98. The van der Waals surface area contributed by atoms with Crippen molar-refractivity contribution in [3.8, 4) is 28.4 Å². The van der Waals surface area contributed by atoms with Gasteiger partial charge in [0, 0.05) is 49.5 Å². The molecule has 1 aliphatic heterocycles. The second kappa shape index (κ2) is 9.72. The van der Waals surface area contributed by atoms with E-state index in [0.717, 1.165) is 95.2 Å². The molecule has 2 aliphatic rings. The van der Waals surface area contributed by atoms with Crippen molar-refractivity contribution < 1.29 is 4.74 Å². The summed E-state index contributed by atoms with van der Waals surface area (Å²) in [6.07, 6.45) is 11.9. The molecule has 0 amide bonds. The van der Waals surface area contributed by atoms with Crippen molar-refractivity contribution in [2.24, 2.45) is 0 Å². The van der Waals surface area contributed by atoms with Crippen LogP contribution in [-0.2, 0) is 0 Å². The van der Waals surface area contributed by atoms with Crippen LogP contribution in [0, 0.1) is 0 Å². The van der Waals surface area contributed by atoms with Gasteiger partial charge in [-0.25, -0.2) is 9.97 Å². The molecule has 1 saturated carbocycles. The number of imidazole rings is 1. The smallest absolute Gasteiger partial charge is 0.159 e. The number of rotatable bonds is 5. The van der Waals surface area contributed by atoms with Crippen molar-refractivity contribution in [2.45, 2.75) is 38.2 Å². The monoisotopic (exact) mass is 508 g/mol. The van der Waals surface area contributed by atoms with E-state index in [4.69, 9.17) is 14.7 Å². The number of nitrogens with zero attached hydrogens (tertiary/aromatic N) is 6. The highest BCUT2D eigenvalue weighted by Crippen LogP contribution is 2.33. The SMILES string of the molecule is CN1CCN(c2nccc3[nH]c(-c4n[nH]c5ccc(-c6cncc(OC7CCCCC7)c6)cc45)nc23)CC1. The quantitative estimate of drug-likeness (QED) is 0.344. The molecule has 4 aromatic heterocycles. The molecule has 0 radical (unpaired) electrons. The summed E-state index contributed by atoms with van der Waals surface area (Å²) in [5.74, 6) is 2.50. The lowest BCUT2D eigenvalue weighted by Crippen LogP contribution is -2.44. The maximum absolute atomic E-state index is 6.28. The van der Waals surface area contributed by atoms with Crippen molar-refractivity contribution in [3.05, 3.63) is 48.9 Å². The summed E-state index contributed by atoms with van der Waals surface area (Å²) in [7, 11) is 2.16. The molecule has 1 aliphatic carbocycles. The number of ether oxygens (including phenoxy) is 1. The number of aromatic nitrogens is 6. The third-order valence-corrected chi connectivity index (χ3v) is 7.87. The molecule has 0 unspecified atom stereocenters. The Labute approximate surface area is 221 Å². The first-order chi connectivity index (χ1) is 18.7. The molecule has 0 bridgehead atoms. The Hall–Kier alpha value is -3.98. The van der Waals surface area contributed by atoms with E-state index in [1.54, 1.807) is 0 Å². The Kier molecular flexibility index (Phi) is 5.92. The van der Waals surface area contributed by atoms with E-state index < -0.39 is 0 Å². The molecule has 1 aromatic carbocycles. The Morgan fingerprint density at radius 3 is 2.66 bits per heavy atom. The number of pyridine rings is 2. The number of hydrogen-bond acceptors (Lipinski definition) is 7. The fourth-order valence-electron chi connectivity index (χ4n) is 5.67. The summed E-state index contributed by atoms with van der Waals surface area (Å²) in [6.45, 7) is 3.92. The van der Waals surface area contributed by atoms with Gasteiger partial charge in [-0.05, 0) is 62.6 Å². The summed E-state index contributed by atoms with van der Waals surface area (Å²) >= 11 is 0. The number of likely N-dealkylation sites (N-methyl/N-ethyl adjacent to an activating group) is 1.